The predicted molar refractivity (Wildman–Crippen MR) is 69.8 cm³/mol. The van der Waals surface area contributed by atoms with Crippen LogP contribution in [0.15, 0.2) is 0 Å². The van der Waals surface area contributed by atoms with Crippen molar-refractivity contribution in [1.82, 2.24) is 10.2 Å². The van der Waals surface area contributed by atoms with Crippen LogP contribution in [0.1, 0.15) is 25.7 Å². The van der Waals surface area contributed by atoms with Crippen LogP contribution in [-0.4, -0.2) is 58.8 Å². The summed E-state index contributed by atoms with van der Waals surface area (Å²) < 4.78 is 0. The smallest absolute Gasteiger partial charge is 0.326 e. The number of aliphatic hydroxyl groups is 1. The van der Waals surface area contributed by atoms with E-state index < -0.39 is 23.9 Å². The topological polar surface area (TPSA) is 133 Å². The number of hydrogen-bond donors (Lipinski definition) is 4. The van der Waals surface area contributed by atoms with E-state index in [0.29, 0.717) is 19.5 Å². The zero-order chi connectivity index (χ0) is 15.1. The lowest BCUT2D eigenvalue weighted by Crippen LogP contribution is -2.47. The lowest BCUT2D eigenvalue weighted by atomic mass is 10.1. The highest BCUT2D eigenvalue weighted by Crippen LogP contribution is 2.19. The number of likely N-dealkylation sites (tertiary alicyclic amines) is 1. The quantitative estimate of drug-likeness (QED) is 0.482. The Labute approximate surface area is 116 Å². The summed E-state index contributed by atoms with van der Waals surface area (Å²) in [5, 5.41) is 20.2. The Morgan fingerprint density at radius 1 is 1.40 bits per heavy atom. The normalized spacial score (nSPS) is 19.6. The zero-order valence-corrected chi connectivity index (χ0v) is 11.2. The van der Waals surface area contributed by atoms with Gasteiger partial charge in [0.1, 0.15) is 6.04 Å². The van der Waals surface area contributed by atoms with Crippen LogP contribution in [0.25, 0.3) is 0 Å². The van der Waals surface area contributed by atoms with Gasteiger partial charge in [-0.1, -0.05) is 0 Å². The molecular formula is C12H21N3O5. The summed E-state index contributed by atoms with van der Waals surface area (Å²) in [7, 11) is 0. The van der Waals surface area contributed by atoms with Gasteiger partial charge in [-0.25, -0.2) is 9.59 Å². The number of carbonyl (C=O) groups is 3. The molecule has 1 rings (SSSR count). The molecule has 8 heteroatoms. The number of carboxylic acids is 1. The standard InChI is InChI=1S/C12H21N3O5/c13-10(17)2-1-9(11(18)19)14-12(20)15-5-3-8(7-15)4-6-16/h8-9,16H,1-7H2,(H2,13,17)(H,14,20)(H,18,19)/t8?,9-/m0/s1. The molecule has 0 bridgehead atoms. The predicted octanol–water partition coefficient (Wildman–Crippen LogP) is -0.881. The van der Waals surface area contributed by atoms with Gasteiger partial charge in [0, 0.05) is 26.1 Å². The van der Waals surface area contributed by atoms with Gasteiger partial charge in [-0.2, -0.15) is 0 Å². The van der Waals surface area contributed by atoms with E-state index in [9.17, 15) is 14.4 Å². The zero-order valence-electron chi connectivity index (χ0n) is 11.2. The van der Waals surface area contributed by atoms with Crippen LogP contribution < -0.4 is 11.1 Å². The van der Waals surface area contributed by atoms with Crippen molar-refractivity contribution in [3.63, 3.8) is 0 Å². The van der Waals surface area contributed by atoms with Crippen LogP contribution in [0.4, 0.5) is 4.79 Å². The van der Waals surface area contributed by atoms with Crippen LogP contribution in [0, 0.1) is 5.92 Å². The molecule has 0 radical (unpaired) electrons. The molecule has 0 spiro atoms. The first-order valence-electron chi connectivity index (χ1n) is 6.61. The monoisotopic (exact) mass is 287 g/mol. The molecule has 0 aromatic rings. The van der Waals surface area contributed by atoms with Crippen molar-refractivity contribution in [2.24, 2.45) is 11.7 Å². The van der Waals surface area contributed by atoms with E-state index in [1.54, 1.807) is 0 Å². The number of hydrogen-bond acceptors (Lipinski definition) is 4. The fraction of sp³-hybridized carbons (Fsp3) is 0.750. The van der Waals surface area contributed by atoms with Gasteiger partial charge in [0.25, 0.3) is 0 Å². The summed E-state index contributed by atoms with van der Waals surface area (Å²) in [6, 6.07) is -1.57. The number of aliphatic carboxylic acids is 1. The van der Waals surface area contributed by atoms with Gasteiger partial charge < -0.3 is 26.2 Å². The van der Waals surface area contributed by atoms with Crippen molar-refractivity contribution in [3.8, 4) is 0 Å². The maximum absolute atomic E-state index is 11.9. The number of nitrogens with two attached hydrogens (primary N) is 1. The number of nitrogens with zero attached hydrogens (tertiary/aromatic N) is 1. The average Bonchev–Trinajstić information content (AvgIpc) is 2.82. The molecule has 1 fully saturated rings. The second-order valence-corrected chi connectivity index (χ2v) is 4.96. The number of amides is 3. The Balaban J connectivity index is 2.46. The molecule has 0 aromatic heterocycles. The summed E-state index contributed by atoms with van der Waals surface area (Å²) in [5.74, 6) is -1.54. The second kappa shape index (κ2) is 7.68. The van der Waals surface area contributed by atoms with Gasteiger partial charge in [0.2, 0.25) is 5.91 Å². The summed E-state index contributed by atoms with van der Waals surface area (Å²) in [6.45, 7) is 1.13. The maximum Gasteiger partial charge on any atom is 0.326 e. The summed E-state index contributed by atoms with van der Waals surface area (Å²) in [4.78, 5) is 35.1. The molecule has 8 nitrogen and oxygen atoms in total. The van der Waals surface area contributed by atoms with Crippen LogP contribution in [0.5, 0.6) is 0 Å². The minimum absolute atomic E-state index is 0.0235. The SMILES string of the molecule is NC(=O)CC[C@H](NC(=O)N1CCC(CCO)C1)C(=O)O. The molecule has 114 valence electrons. The Bertz CT molecular complexity index is 374. The van der Waals surface area contributed by atoms with Crippen molar-refractivity contribution in [1.29, 1.82) is 0 Å². The number of aliphatic hydroxyl groups excluding tert-OH is 1. The highest BCUT2D eigenvalue weighted by molar-refractivity contribution is 5.83. The van der Waals surface area contributed by atoms with Gasteiger partial charge >= 0.3 is 12.0 Å². The molecule has 1 heterocycles. The molecule has 0 aromatic carbocycles. The third-order valence-corrected chi connectivity index (χ3v) is 3.39. The largest absolute Gasteiger partial charge is 0.480 e. The van der Waals surface area contributed by atoms with Crippen molar-refractivity contribution in [2.45, 2.75) is 31.7 Å². The molecule has 1 aliphatic rings. The molecule has 20 heavy (non-hydrogen) atoms. The second-order valence-electron chi connectivity index (χ2n) is 4.96. The number of nitrogens with one attached hydrogen (secondary N) is 1. The number of primary amides is 1. The number of rotatable bonds is 7. The van der Waals surface area contributed by atoms with Gasteiger partial charge in [-0.05, 0) is 25.2 Å². The van der Waals surface area contributed by atoms with E-state index in [1.165, 1.54) is 4.90 Å². The Morgan fingerprint density at radius 2 is 2.10 bits per heavy atom. The van der Waals surface area contributed by atoms with Gasteiger partial charge in [0.05, 0.1) is 0 Å². The van der Waals surface area contributed by atoms with Crippen LogP contribution in [-0.2, 0) is 9.59 Å². The summed E-state index contributed by atoms with van der Waals surface area (Å²) in [6.07, 6.45) is 1.31. The first kappa shape index (κ1) is 16.2. The molecule has 1 unspecified atom stereocenters. The van der Waals surface area contributed by atoms with Crippen LogP contribution in [0.3, 0.4) is 0 Å². The van der Waals surface area contributed by atoms with Crippen molar-refractivity contribution >= 4 is 17.9 Å². The molecule has 5 N–H and O–H groups in total. The Kier molecular flexibility index (Phi) is 6.23. The highest BCUT2D eigenvalue weighted by atomic mass is 16.4. The lowest BCUT2D eigenvalue weighted by Gasteiger charge is -2.20. The Hall–Kier alpha value is -1.83. The summed E-state index contributed by atoms with van der Waals surface area (Å²) >= 11 is 0. The highest BCUT2D eigenvalue weighted by Gasteiger charge is 2.28. The van der Waals surface area contributed by atoms with Crippen LogP contribution in [0.2, 0.25) is 0 Å². The molecule has 0 aliphatic carbocycles. The van der Waals surface area contributed by atoms with E-state index in [0.717, 1.165) is 6.42 Å². The van der Waals surface area contributed by atoms with E-state index >= 15 is 0 Å². The van der Waals surface area contributed by atoms with E-state index in [4.69, 9.17) is 15.9 Å². The molecule has 0 saturated carbocycles. The summed E-state index contributed by atoms with van der Waals surface area (Å²) in [5.41, 5.74) is 4.97. The lowest BCUT2D eigenvalue weighted by molar-refractivity contribution is -0.139. The van der Waals surface area contributed by atoms with E-state index in [2.05, 4.69) is 5.32 Å². The van der Waals surface area contributed by atoms with E-state index in [1.807, 2.05) is 0 Å². The molecule has 1 saturated heterocycles. The first-order chi connectivity index (χ1) is 9.43. The number of urea groups is 1. The first-order valence-corrected chi connectivity index (χ1v) is 6.61. The third-order valence-electron chi connectivity index (χ3n) is 3.39. The van der Waals surface area contributed by atoms with Gasteiger partial charge in [-0.15, -0.1) is 0 Å². The number of carbonyl (C=O) groups excluding carboxylic acids is 2. The van der Waals surface area contributed by atoms with Crippen molar-refractivity contribution < 1.29 is 24.6 Å². The van der Waals surface area contributed by atoms with Crippen molar-refractivity contribution in [2.75, 3.05) is 19.7 Å². The van der Waals surface area contributed by atoms with Crippen molar-refractivity contribution in [3.05, 3.63) is 0 Å². The molecular weight excluding hydrogens is 266 g/mol. The third kappa shape index (κ3) is 5.04. The fourth-order valence-electron chi connectivity index (χ4n) is 2.22. The maximum atomic E-state index is 11.9. The fourth-order valence-corrected chi connectivity index (χ4v) is 2.22. The molecule has 3 amide bonds. The Morgan fingerprint density at radius 3 is 2.65 bits per heavy atom. The molecule has 2 atom stereocenters. The number of carboxylic acid groups (broad SMARTS) is 1. The van der Waals surface area contributed by atoms with Gasteiger partial charge in [-0.3, -0.25) is 4.79 Å². The minimum atomic E-state index is -1.19. The molecule has 1 aliphatic heterocycles. The van der Waals surface area contributed by atoms with Gasteiger partial charge in [0.15, 0.2) is 0 Å². The minimum Gasteiger partial charge on any atom is -0.480 e. The van der Waals surface area contributed by atoms with E-state index in [-0.39, 0.29) is 25.4 Å². The average molecular weight is 287 g/mol. The van der Waals surface area contributed by atoms with Crippen LogP contribution >= 0.6 is 0 Å².